The van der Waals surface area contributed by atoms with Gasteiger partial charge in [-0.05, 0) is 0 Å². The summed E-state index contributed by atoms with van der Waals surface area (Å²) in [6, 6.07) is 0. The number of halogens is 2. The molecule has 5 heteroatoms. The molecule has 0 amide bonds. The molecule has 2 aromatic heterocycles. The Morgan fingerprint density at radius 1 is 1.64 bits per heavy atom. The molecule has 11 heavy (non-hydrogen) atoms. The number of alkyl halides is 1. The van der Waals surface area contributed by atoms with E-state index < -0.39 is 0 Å². The Morgan fingerprint density at radius 3 is 3.09 bits per heavy atom. The van der Waals surface area contributed by atoms with Crippen LogP contribution in [-0.2, 0) is 5.88 Å². The van der Waals surface area contributed by atoms with E-state index in [1.54, 1.807) is 17.7 Å². The molecule has 0 aromatic carbocycles. The molecule has 0 bridgehead atoms. The second-order valence-corrected chi connectivity index (χ2v) is 3.38. The van der Waals surface area contributed by atoms with E-state index in [-0.39, 0.29) is 12.4 Å². The first-order chi connectivity index (χ1) is 4.90. The molecule has 0 N–H and O–H groups in total. The van der Waals surface area contributed by atoms with E-state index in [1.165, 1.54) is 4.88 Å². The number of aromatic nitrogens is 2. The van der Waals surface area contributed by atoms with Crippen LogP contribution in [0.25, 0.3) is 4.83 Å². The van der Waals surface area contributed by atoms with E-state index >= 15 is 0 Å². The second-order valence-electron chi connectivity index (χ2n) is 1.97. The van der Waals surface area contributed by atoms with E-state index in [0.29, 0.717) is 5.88 Å². The third-order valence-corrected chi connectivity index (χ3v) is 2.76. The summed E-state index contributed by atoms with van der Waals surface area (Å²) >= 11 is 7.30. The van der Waals surface area contributed by atoms with Gasteiger partial charge in [0.15, 0.2) is 0 Å². The van der Waals surface area contributed by atoms with Gasteiger partial charge in [-0.25, -0.2) is 4.98 Å². The Bertz CT molecular complexity index is 312. The van der Waals surface area contributed by atoms with Crippen molar-refractivity contribution >= 4 is 40.2 Å². The normalized spacial score (nSPS) is 9.91. The lowest BCUT2D eigenvalue weighted by molar-refractivity contribution is 1.16. The van der Waals surface area contributed by atoms with Gasteiger partial charge in [-0.1, -0.05) is 0 Å². The summed E-state index contributed by atoms with van der Waals surface area (Å²) in [5.41, 5.74) is 0. The quantitative estimate of drug-likeness (QED) is 0.659. The Hall–Kier alpha value is -0.250. The van der Waals surface area contributed by atoms with Crippen LogP contribution in [0.4, 0.5) is 0 Å². The van der Waals surface area contributed by atoms with Crippen molar-refractivity contribution in [2.24, 2.45) is 0 Å². The summed E-state index contributed by atoms with van der Waals surface area (Å²) in [7, 11) is 0. The maximum Gasteiger partial charge on any atom is 0.119 e. The van der Waals surface area contributed by atoms with Crippen molar-refractivity contribution in [1.29, 1.82) is 0 Å². The minimum atomic E-state index is 0. The molecule has 0 fully saturated rings. The van der Waals surface area contributed by atoms with E-state index in [1.807, 2.05) is 16.8 Å². The lowest BCUT2D eigenvalue weighted by Gasteiger charge is -1.77. The van der Waals surface area contributed by atoms with Crippen molar-refractivity contribution in [3.8, 4) is 0 Å². The topological polar surface area (TPSA) is 17.3 Å². The summed E-state index contributed by atoms with van der Waals surface area (Å²) in [6.45, 7) is 0. The standard InChI is InChI=1S/C6H5ClN2S.ClH/c7-1-5-3-9-4-8-2-6(9)10-5;/h2-4H,1H2;1H. The maximum absolute atomic E-state index is 5.63. The molecule has 0 radical (unpaired) electrons. The number of imidazole rings is 1. The molecule has 2 heterocycles. The molecule has 0 unspecified atom stereocenters. The van der Waals surface area contributed by atoms with Crippen molar-refractivity contribution in [2.45, 2.75) is 5.88 Å². The number of rotatable bonds is 1. The van der Waals surface area contributed by atoms with Gasteiger partial charge in [-0.2, -0.15) is 0 Å². The highest BCUT2D eigenvalue weighted by Gasteiger charge is 1.98. The minimum absolute atomic E-state index is 0. The van der Waals surface area contributed by atoms with Crippen molar-refractivity contribution < 1.29 is 0 Å². The largest absolute Gasteiger partial charge is 0.297 e. The van der Waals surface area contributed by atoms with Crippen molar-refractivity contribution in [1.82, 2.24) is 9.38 Å². The molecule has 0 saturated heterocycles. The smallest absolute Gasteiger partial charge is 0.119 e. The van der Waals surface area contributed by atoms with E-state index in [9.17, 15) is 0 Å². The molecule has 2 nitrogen and oxygen atoms in total. The van der Waals surface area contributed by atoms with Gasteiger partial charge in [0.25, 0.3) is 0 Å². The summed E-state index contributed by atoms with van der Waals surface area (Å²) < 4.78 is 1.97. The summed E-state index contributed by atoms with van der Waals surface area (Å²) in [5, 5.41) is 0. The van der Waals surface area contributed by atoms with E-state index in [0.717, 1.165) is 4.83 Å². The first-order valence-electron chi connectivity index (χ1n) is 2.86. The molecular weight excluding hydrogens is 203 g/mol. The van der Waals surface area contributed by atoms with Gasteiger partial charge in [-0.15, -0.1) is 35.3 Å². The van der Waals surface area contributed by atoms with Crippen LogP contribution in [0.3, 0.4) is 0 Å². The Morgan fingerprint density at radius 2 is 2.45 bits per heavy atom. The lowest BCUT2D eigenvalue weighted by Crippen LogP contribution is -1.70. The summed E-state index contributed by atoms with van der Waals surface area (Å²) in [6.07, 6.45) is 5.61. The number of fused-ring (bicyclic) bond motifs is 1. The van der Waals surface area contributed by atoms with Gasteiger partial charge in [0.05, 0.1) is 18.4 Å². The van der Waals surface area contributed by atoms with Crippen LogP contribution < -0.4 is 0 Å². The first-order valence-corrected chi connectivity index (χ1v) is 4.21. The fraction of sp³-hybridized carbons (Fsp3) is 0.167. The van der Waals surface area contributed by atoms with Crippen LogP contribution in [0.2, 0.25) is 0 Å². The van der Waals surface area contributed by atoms with E-state index in [2.05, 4.69) is 4.98 Å². The van der Waals surface area contributed by atoms with Crippen molar-refractivity contribution in [3.63, 3.8) is 0 Å². The second kappa shape index (κ2) is 3.43. The van der Waals surface area contributed by atoms with Gasteiger partial charge in [-0.3, -0.25) is 4.40 Å². The average Bonchev–Trinajstić information content (AvgIpc) is 2.42. The van der Waals surface area contributed by atoms with Crippen LogP contribution in [0.5, 0.6) is 0 Å². The molecule has 60 valence electrons. The zero-order valence-electron chi connectivity index (χ0n) is 5.53. The molecule has 0 spiro atoms. The van der Waals surface area contributed by atoms with Crippen molar-refractivity contribution in [2.75, 3.05) is 0 Å². The van der Waals surface area contributed by atoms with E-state index in [4.69, 9.17) is 11.6 Å². The monoisotopic (exact) mass is 208 g/mol. The van der Waals surface area contributed by atoms with Gasteiger partial charge in [0.1, 0.15) is 4.83 Å². The molecule has 0 aliphatic heterocycles. The van der Waals surface area contributed by atoms with Crippen LogP contribution in [-0.4, -0.2) is 9.38 Å². The molecule has 0 aliphatic carbocycles. The Labute approximate surface area is 79.2 Å². The predicted molar refractivity (Wildman–Crippen MR) is 49.9 cm³/mol. The van der Waals surface area contributed by atoms with Gasteiger partial charge >= 0.3 is 0 Å². The summed E-state index contributed by atoms with van der Waals surface area (Å²) in [4.78, 5) is 6.30. The van der Waals surface area contributed by atoms with Gasteiger partial charge in [0, 0.05) is 11.1 Å². The van der Waals surface area contributed by atoms with Crippen LogP contribution in [0, 0.1) is 0 Å². The highest BCUT2D eigenvalue weighted by molar-refractivity contribution is 7.17. The van der Waals surface area contributed by atoms with Crippen LogP contribution >= 0.6 is 35.3 Å². The fourth-order valence-corrected chi connectivity index (χ4v) is 1.89. The minimum Gasteiger partial charge on any atom is -0.297 e. The highest BCUT2D eigenvalue weighted by Crippen LogP contribution is 2.18. The molecule has 2 rings (SSSR count). The Balaban J connectivity index is 0.000000605. The third kappa shape index (κ3) is 1.50. The Kier molecular flexibility index (Phi) is 2.76. The first kappa shape index (κ1) is 8.84. The van der Waals surface area contributed by atoms with Gasteiger partial charge < -0.3 is 0 Å². The average molecular weight is 209 g/mol. The predicted octanol–water partition coefficient (Wildman–Crippen LogP) is 2.56. The molecule has 0 saturated carbocycles. The highest BCUT2D eigenvalue weighted by atomic mass is 35.5. The lowest BCUT2D eigenvalue weighted by atomic mass is 10.6. The zero-order chi connectivity index (χ0) is 6.97. The zero-order valence-corrected chi connectivity index (χ0v) is 7.92. The fourth-order valence-electron chi connectivity index (χ4n) is 0.846. The number of hydrogen-bond donors (Lipinski definition) is 0. The van der Waals surface area contributed by atoms with Gasteiger partial charge in [0.2, 0.25) is 0 Å². The third-order valence-electron chi connectivity index (χ3n) is 1.28. The number of hydrogen-bond acceptors (Lipinski definition) is 2. The SMILES string of the molecule is Cl.ClCc1cn2cncc2s1. The number of nitrogens with zero attached hydrogens (tertiary/aromatic N) is 2. The molecule has 0 aliphatic rings. The molecule has 0 atom stereocenters. The van der Waals surface area contributed by atoms with Crippen LogP contribution in [0.15, 0.2) is 18.7 Å². The van der Waals surface area contributed by atoms with Crippen molar-refractivity contribution in [3.05, 3.63) is 23.6 Å². The molecule has 2 aromatic rings. The molecular formula is C6H6Cl2N2S. The van der Waals surface area contributed by atoms with Crippen LogP contribution in [0.1, 0.15) is 4.88 Å². The number of thiazole rings is 1. The summed E-state index contributed by atoms with van der Waals surface area (Å²) in [5.74, 6) is 0.590. The maximum atomic E-state index is 5.63.